The SMILES string of the molecule is CNCc1cnc(C2C3CC4CC(C3)CC2C4)nc1. The first kappa shape index (κ1) is 11.8. The molecule has 19 heavy (non-hydrogen) atoms. The Hall–Kier alpha value is -0.960. The van der Waals surface area contributed by atoms with Crippen LogP contribution in [-0.2, 0) is 6.54 Å². The summed E-state index contributed by atoms with van der Waals surface area (Å²) < 4.78 is 0. The number of hydrogen-bond acceptors (Lipinski definition) is 3. The van der Waals surface area contributed by atoms with Crippen molar-refractivity contribution in [1.82, 2.24) is 15.3 Å². The molecule has 4 bridgehead atoms. The van der Waals surface area contributed by atoms with Crippen LogP contribution in [0.5, 0.6) is 0 Å². The smallest absolute Gasteiger partial charge is 0.131 e. The van der Waals surface area contributed by atoms with E-state index in [2.05, 4.69) is 5.32 Å². The lowest BCUT2D eigenvalue weighted by molar-refractivity contribution is -0.00567. The monoisotopic (exact) mass is 257 g/mol. The van der Waals surface area contributed by atoms with Crippen molar-refractivity contribution in [3.05, 3.63) is 23.8 Å². The van der Waals surface area contributed by atoms with E-state index < -0.39 is 0 Å². The molecule has 0 amide bonds. The van der Waals surface area contributed by atoms with Gasteiger partial charge in [-0.1, -0.05) is 0 Å². The van der Waals surface area contributed by atoms with Crippen LogP contribution in [0.15, 0.2) is 12.4 Å². The van der Waals surface area contributed by atoms with E-state index in [0.717, 1.165) is 36.0 Å². The van der Waals surface area contributed by atoms with E-state index in [4.69, 9.17) is 9.97 Å². The molecule has 102 valence electrons. The van der Waals surface area contributed by atoms with Crippen molar-refractivity contribution in [2.75, 3.05) is 7.05 Å². The molecule has 4 saturated carbocycles. The zero-order valence-electron chi connectivity index (χ0n) is 11.7. The highest BCUT2D eigenvalue weighted by atomic mass is 14.9. The minimum atomic E-state index is 0.663. The average Bonchev–Trinajstić information content (AvgIpc) is 2.40. The molecule has 4 fully saturated rings. The fourth-order valence-electron chi connectivity index (χ4n) is 5.18. The lowest BCUT2D eigenvalue weighted by Gasteiger charge is -2.53. The maximum Gasteiger partial charge on any atom is 0.131 e. The second-order valence-corrected chi connectivity index (χ2v) is 6.94. The van der Waals surface area contributed by atoms with Crippen LogP contribution in [0.2, 0.25) is 0 Å². The first-order valence-corrected chi connectivity index (χ1v) is 7.79. The van der Waals surface area contributed by atoms with Crippen LogP contribution in [0.4, 0.5) is 0 Å². The van der Waals surface area contributed by atoms with Crippen molar-refractivity contribution in [1.29, 1.82) is 0 Å². The van der Waals surface area contributed by atoms with Crippen LogP contribution in [0.25, 0.3) is 0 Å². The van der Waals surface area contributed by atoms with Gasteiger partial charge >= 0.3 is 0 Å². The van der Waals surface area contributed by atoms with Gasteiger partial charge in [-0.15, -0.1) is 0 Å². The third kappa shape index (κ3) is 1.99. The Balaban J connectivity index is 1.58. The second kappa shape index (κ2) is 4.55. The number of aromatic nitrogens is 2. The second-order valence-electron chi connectivity index (χ2n) is 6.94. The Morgan fingerprint density at radius 2 is 1.58 bits per heavy atom. The summed E-state index contributed by atoms with van der Waals surface area (Å²) in [5.41, 5.74) is 1.19. The molecule has 3 heteroatoms. The highest BCUT2D eigenvalue weighted by Crippen LogP contribution is 2.59. The van der Waals surface area contributed by atoms with Gasteiger partial charge in [-0.05, 0) is 62.8 Å². The summed E-state index contributed by atoms with van der Waals surface area (Å²) >= 11 is 0. The summed E-state index contributed by atoms with van der Waals surface area (Å²) in [6, 6.07) is 0. The van der Waals surface area contributed by atoms with Crippen LogP contribution in [0, 0.1) is 23.7 Å². The summed E-state index contributed by atoms with van der Waals surface area (Å²) in [7, 11) is 1.96. The van der Waals surface area contributed by atoms with E-state index in [0.29, 0.717) is 5.92 Å². The van der Waals surface area contributed by atoms with Gasteiger partial charge in [0.05, 0.1) is 0 Å². The standard InChI is InChI=1S/C16H23N3/c1-17-7-12-8-18-16(19-9-12)15-13-3-10-2-11(5-13)6-14(15)4-10/h8-11,13-15,17H,2-7H2,1H3. The quantitative estimate of drug-likeness (QED) is 0.904. The molecular weight excluding hydrogens is 234 g/mol. The van der Waals surface area contributed by atoms with Gasteiger partial charge in [0.15, 0.2) is 0 Å². The van der Waals surface area contributed by atoms with Crippen molar-refractivity contribution in [3.63, 3.8) is 0 Å². The average molecular weight is 257 g/mol. The van der Waals surface area contributed by atoms with Gasteiger partial charge in [-0.2, -0.15) is 0 Å². The molecule has 4 aliphatic rings. The predicted molar refractivity (Wildman–Crippen MR) is 74.6 cm³/mol. The maximum absolute atomic E-state index is 4.69. The highest BCUT2D eigenvalue weighted by molar-refractivity contribution is 5.13. The molecule has 1 N–H and O–H groups in total. The molecule has 3 nitrogen and oxygen atoms in total. The lowest BCUT2D eigenvalue weighted by Crippen LogP contribution is -2.44. The van der Waals surface area contributed by atoms with Gasteiger partial charge in [-0.3, -0.25) is 0 Å². The summed E-state index contributed by atoms with van der Waals surface area (Å²) in [6.45, 7) is 0.863. The molecule has 0 unspecified atom stereocenters. The van der Waals surface area contributed by atoms with Gasteiger partial charge in [-0.25, -0.2) is 9.97 Å². The van der Waals surface area contributed by atoms with Gasteiger partial charge in [0.1, 0.15) is 5.82 Å². The fourth-order valence-corrected chi connectivity index (χ4v) is 5.18. The fraction of sp³-hybridized carbons (Fsp3) is 0.750. The lowest BCUT2D eigenvalue weighted by atomic mass is 9.51. The topological polar surface area (TPSA) is 37.8 Å². The molecule has 0 aromatic carbocycles. The first-order valence-electron chi connectivity index (χ1n) is 7.79. The minimum absolute atomic E-state index is 0.663. The zero-order valence-corrected chi connectivity index (χ0v) is 11.7. The molecule has 1 heterocycles. The van der Waals surface area contributed by atoms with Crippen molar-refractivity contribution in [2.45, 2.75) is 44.6 Å². The van der Waals surface area contributed by atoms with E-state index >= 15 is 0 Å². The Morgan fingerprint density at radius 3 is 2.11 bits per heavy atom. The van der Waals surface area contributed by atoms with Crippen LogP contribution >= 0.6 is 0 Å². The maximum atomic E-state index is 4.69. The molecule has 5 rings (SSSR count). The highest BCUT2D eigenvalue weighted by Gasteiger charge is 2.49. The Bertz CT molecular complexity index is 426. The molecule has 0 saturated heterocycles. The Labute approximate surface area is 115 Å². The molecule has 0 atom stereocenters. The van der Waals surface area contributed by atoms with Gasteiger partial charge in [0.2, 0.25) is 0 Å². The summed E-state index contributed by atoms with van der Waals surface area (Å²) in [5, 5.41) is 3.15. The largest absolute Gasteiger partial charge is 0.316 e. The molecule has 0 radical (unpaired) electrons. The van der Waals surface area contributed by atoms with Crippen LogP contribution in [0.3, 0.4) is 0 Å². The van der Waals surface area contributed by atoms with Gasteiger partial charge < -0.3 is 5.32 Å². The van der Waals surface area contributed by atoms with Crippen LogP contribution in [0.1, 0.15) is 49.4 Å². The molecule has 1 aromatic heterocycles. The van der Waals surface area contributed by atoms with Crippen molar-refractivity contribution < 1.29 is 0 Å². The minimum Gasteiger partial charge on any atom is -0.316 e. The third-order valence-corrected chi connectivity index (χ3v) is 5.63. The van der Waals surface area contributed by atoms with Crippen LogP contribution in [-0.4, -0.2) is 17.0 Å². The molecule has 4 aliphatic carbocycles. The van der Waals surface area contributed by atoms with Gasteiger partial charge in [0, 0.05) is 30.4 Å². The summed E-state index contributed by atoms with van der Waals surface area (Å²) in [4.78, 5) is 9.38. The molecule has 0 aliphatic heterocycles. The number of nitrogens with zero attached hydrogens (tertiary/aromatic N) is 2. The van der Waals surface area contributed by atoms with E-state index in [9.17, 15) is 0 Å². The normalized spacial score (nSPS) is 39.7. The summed E-state index contributed by atoms with van der Waals surface area (Å²) in [5.74, 6) is 5.62. The number of nitrogens with one attached hydrogen (secondary N) is 1. The molecule has 0 spiro atoms. The first-order chi connectivity index (χ1) is 9.33. The zero-order chi connectivity index (χ0) is 12.8. The Kier molecular flexibility index (Phi) is 2.83. The number of rotatable bonds is 3. The van der Waals surface area contributed by atoms with E-state index in [1.807, 2.05) is 19.4 Å². The van der Waals surface area contributed by atoms with Crippen molar-refractivity contribution in [3.8, 4) is 0 Å². The molecule has 1 aromatic rings. The Morgan fingerprint density at radius 1 is 1.00 bits per heavy atom. The van der Waals surface area contributed by atoms with Crippen molar-refractivity contribution in [2.24, 2.45) is 23.7 Å². The number of hydrogen-bond donors (Lipinski definition) is 1. The van der Waals surface area contributed by atoms with Crippen molar-refractivity contribution >= 4 is 0 Å². The van der Waals surface area contributed by atoms with E-state index in [1.165, 1.54) is 37.7 Å². The molecular formula is C16H23N3. The van der Waals surface area contributed by atoms with E-state index in [1.54, 1.807) is 0 Å². The predicted octanol–water partition coefficient (Wildman–Crippen LogP) is 2.74. The summed E-state index contributed by atoms with van der Waals surface area (Å²) in [6.07, 6.45) is 11.3. The van der Waals surface area contributed by atoms with Gasteiger partial charge in [0.25, 0.3) is 0 Å². The van der Waals surface area contributed by atoms with E-state index in [-0.39, 0.29) is 0 Å². The third-order valence-electron chi connectivity index (χ3n) is 5.63. The van der Waals surface area contributed by atoms with Crippen LogP contribution < -0.4 is 5.32 Å².